The molecule has 0 heterocycles. The Kier molecular flexibility index (Phi) is 11.5. The summed E-state index contributed by atoms with van der Waals surface area (Å²) in [6.45, 7) is 0. The zero-order valence-electron chi connectivity index (χ0n) is 10.4. The molecule has 20 heavy (non-hydrogen) atoms. The Balaban J connectivity index is -0.000000722. The van der Waals surface area contributed by atoms with E-state index in [-0.39, 0.29) is 49.6 Å². The molecule has 0 aromatic heterocycles. The van der Waals surface area contributed by atoms with Crippen molar-refractivity contribution in [1.29, 1.82) is 0 Å². The number of benzene rings is 2. The van der Waals surface area contributed by atoms with Gasteiger partial charge in [0.05, 0.1) is 17.1 Å². The molecule has 0 saturated carbocycles. The molecule has 0 amide bonds. The van der Waals surface area contributed by atoms with Gasteiger partial charge in [-0.2, -0.15) is 0 Å². The number of nitrogen functional groups attached to an aromatic ring is 4. The predicted molar refractivity (Wildman–Crippen MR) is 98.5 cm³/mol. The third-order valence-corrected chi connectivity index (χ3v) is 2.49. The summed E-state index contributed by atoms with van der Waals surface area (Å²) < 4.78 is 0. The number of hydrogen-bond donors (Lipinski definition) is 4. The second-order valence-corrected chi connectivity index (χ2v) is 3.69. The van der Waals surface area contributed by atoms with Gasteiger partial charge in [0.2, 0.25) is 0 Å². The molecule has 0 unspecified atom stereocenters. The fourth-order valence-corrected chi connectivity index (χ4v) is 1.54. The molecule has 0 atom stereocenters. The molecule has 0 bridgehead atoms. The summed E-state index contributed by atoms with van der Waals surface area (Å²) in [6.07, 6.45) is 0. The Morgan fingerprint density at radius 2 is 0.950 bits per heavy atom. The van der Waals surface area contributed by atoms with Crippen LogP contribution in [-0.2, 0) is 0 Å². The number of rotatable bonds is 1. The van der Waals surface area contributed by atoms with Crippen LogP contribution >= 0.6 is 49.6 Å². The first-order valence-electron chi connectivity index (χ1n) is 4.88. The van der Waals surface area contributed by atoms with E-state index in [0.717, 1.165) is 16.8 Å². The molecule has 8 heteroatoms. The quantitative estimate of drug-likeness (QED) is 0.586. The largest absolute Gasteiger partial charge is 0.399 e. The Bertz CT molecular complexity index is 508. The van der Waals surface area contributed by atoms with E-state index in [0.29, 0.717) is 17.1 Å². The van der Waals surface area contributed by atoms with E-state index in [4.69, 9.17) is 22.9 Å². The van der Waals surface area contributed by atoms with Crippen LogP contribution in [0.3, 0.4) is 0 Å². The van der Waals surface area contributed by atoms with Crippen molar-refractivity contribution in [2.45, 2.75) is 0 Å². The van der Waals surface area contributed by atoms with Crippen LogP contribution in [0.5, 0.6) is 0 Å². The van der Waals surface area contributed by atoms with Crippen molar-refractivity contribution in [3.63, 3.8) is 0 Å². The highest BCUT2D eigenvalue weighted by Crippen LogP contribution is 2.30. The van der Waals surface area contributed by atoms with Gasteiger partial charge in [-0.05, 0) is 35.4 Å². The Morgan fingerprint density at radius 3 is 1.35 bits per heavy atom. The van der Waals surface area contributed by atoms with Crippen LogP contribution in [0.15, 0.2) is 36.4 Å². The minimum atomic E-state index is 0. The van der Waals surface area contributed by atoms with Crippen molar-refractivity contribution in [2.24, 2.45) is 0 Å². The normalized spacial score (nSPS) is 8.20. The molecule has 0 radical (unpaired) electrons. The molecule has 2 aromatic rings. The van der Waals surface area contributed by atoms with E-state index in [1.807, 2.05) is 24.3 Å². The molecule has 8 N–H and O–H groups in total. The molecule has 0 fully saturated rings. The van der Waals surface area contributed by atoms with Crippen molar-refractivity contribution < 1.29 is 0 Å². The molecule has 0 spiro atoms. The Labute approximate surface area is 142 Å². The zero-order chi connectivity index (χ0) is 11.7. The minimum absolute atomic E-state index is 0. The van der Waals surface area contributed by atoms with Crippen LogP contribution in [0.4, 0.5) is 22.7 Å². The SMILES string of the molecule is Cl.Cl.Cl.Cl.Nc1ccc(-c2cc(N)c(N)c(N)c2)cc1. The van der Waals surface area contributed by atoms with Gasteiger partial charge in [0.1, 0.15) is 0 Å². The summed E-state index contributed by atoms with van der Waals surface area (Å²) in [5.41, 5.74) is 26.9. The van der Waals surface area contributed by atoms with Crippen LogP contribution in [0.25, 0.3) is 11.1 Å². The lowest BCUT2D eigenvalue weighted by atomic mass is 10.0. The van der Waals surface area contributed by atoms with E-state index in [9.17, 15) is 0 Å². The lowest BCUT2D eigenvalue weighted by molar-refractivity contribution is 1.60. The van der Waals surface area contributed by atoms with Gasteiger partial charge in [-0.15, -0.1) is 49.6 Å². The monoisotopic (exact) mass is 358 g/mol. The van der Waals surface area contributed by atoms with Crippen LogP contribution < -0.4 is 22.9 Å². The molecular weight excluding hydrogens is 342 g/mol. The van der Waals surface area contributed by atoms with Crippen molar-refractivity contribution >= 4 is 72.4 Å². The van der Waals surface area contributed by atoms with Gasteiger partial charge < -0.3 is 22.9 Å². The lowest BCUT2D eigenvalue weighted by Crippen LogP contribution is -2.00. The van der Waals surface area contributed by atoms with Crippen LogP contribution in [0.1, 0.15) is 0 Å². The van der Waals surface area contributed by atoms with E-state index < -0.39 is 0 Å². The average molecular weight is 360 g/mol. The minimum Gasteiger partial charge on any atom is -0.399 e. The van der Waals surface area contributed by atoms with E-state index in [1.54, 1.807) is 12.1 Å². The van der Waals surface area contributed by atoms with Crippen molar-refractivity contribution in [3.05, 3.63) is 36.4 Å². The number of anilines is 4. The first-order chi connectivity index (χ1) is 7.58. The first kappa shape index (κ1) is 23.9. The van der Waals surface area contributed by atoms with E-state index in [2.05, 4.69) is 0 Å². The molecule has 2 rings (SSSR count). The second kappa shape index (κ2) is 9.66. The zero-order valence-corrected chi connectivity index (χ0v) is 13.7. The van der Waals surface area contributed by atoms with Gasteiger partial charge >= 0.3 is 0 Å². The summed E-state index contributed by atoms with van der Waals surface area (Å²) in [7, 11) is 0. The molecular formula is C12H18Cl4N4. The van der Waals surface area contributed by atoms with Gasteiger partial charge in [-0.3, -0.25) is 0 Å². The molecule has 2 aromatic carbocycles. The molecule has 0 aliphatic heterocycles. The molecule has 0 aliphatic rings. The van der Waals surface area contributed by atoms with Crippen LogP contribution in [-0.4, -0.2) is 0 Å². The maximum absolute atomic E-state index is 5.76. The van der Waals surface area contributed by atoms with Crippen molar-refractivity contribution in [2.75, 3.05) is 22.9 Å². The first-order valence-corrected chi connectivity index (χ1v) is 4.88. The van der Waals surface area contributed by atoms with Gasteiger partial charge in [0.25, 0.3) is 0 Å². The Morgan fingerprint density at radius 1 is 0.550 bits per heavy atom. The highest BCUT2D eigenvalue weighted by Gasteiger charge is 2.04. The average Bonchev–Trinajstić information content (AvgIpc) is 2.26. The second-order valence-electron chi connectivity index (χ2n) is 3.69. The van der Waals surface area contributed by atoms with Crippen molar-refractivity contribution in [1.82, 2.24) is 0 Å². The summed E-state index contributed by atoms with van der Waals surface area (Å²) >= 11 is 0. The molecule has 0 saturated heterocycles. The standard InChI is InChI=1S/C12H14N4.4ClH/c13-9-3-1-7(2-4-9)8-5-10(14)12(16)11(15)6-8;;;;/h1-6H,13-16H2;4*1H. The number of hydrogen-bond acceptors (Lipinski definition) is 4. The third kappa shape index (κ3) is 5.06. The highest BCUT2D eigenvalue weighted by molar-refractivity contribution is 5.86. The van der Waals surface area contributed by atoms with Crippen molar-refractivity contribution in [3.8, 4) is 11.1 Å². The smallest absolute Gasteiger partial charge is 0.0781 e. The summed E-state index contributed by atoms with van der Waals surface area (Å²) in [5.74, 6) is 0. The van der Waals surface area contributed by atoms with Gasteiger partial charge in [-0.25, -0.2) is 0 Å². The highest BCUT2D eigenvalue weighted by atomic mass is 35.5. The van der Waals surface area contributed by atoms with Gasteiger partial charge in [0, 0.05) is 5.69 Å². The predicted octanol–water partition coefficient (Wildman–Crippen LogP) is 3.37. The number of nitrogens with two attached hydrogens (primary N) is 4. The third-order valence-electron chi connectivity index (χ3n) is 2.49. The Hall–Kier alpha value is -1.20. The van der Waals surface area contributed by atoms with Gasteiger partial charge in [-0.1, -0.05) is 12.1 Å². The topological polar surface area (TPSA) is 104 Å². The van der Waals surface area contributed by atoms with Crippen LogP contribution in [0, 0.1) is 0 Å². The summed E-state index contributed by atoms with van der Waals surface area (Å²) in [5, 5.41) is 0. The molecule has 4 nitrogen and oxygen atoms in total. The summed E-state index contributed by atoms with van der Waals surface area (Å²) in [6, 6.07) is 11.1. The molecule has 114 valence electrons. The maximum atomic E-state index is 5.76. The fraction of sp³-hybridized carbons (Fsp3) is 0. The maximum Gasteiger partial charge on any atom is 0.0781 e. The fourth-order valence-electron chi connectivity index (χ4n) is 1.54. The van der Waals surface area contributed by atoms with E-state index >= 15 is 0 Å². The summed E-state index contributed by atoms with van der Waals surface area (Å²) in [4.78, 5) is 0. The van der Waals surface area contributed by atoms with E-state index in [1.165, 1.54) is 0 Å². The van der Waals surface area contributed by atoms with Gasteiger partial charge in [0.15, 0.2) is 0 Å². The lowest BCUT2D eigenvalue weighted by Gasteiger charge is -2.08. The number of halogens is 4. The van der Waals surface area contributed by atoms with Crippen LogP contribution in [0.2, 0.25) is 0 Å². The molecule has 0 aliphatic carbocycles.